The maximum atomic E-state index is 9.88. The Morgan fingerprint density at radius 2 is 2.06 bits per heavy atom. The smallest absolute Gasteiger partial charge is 0.0546 e. The molecule has 0 bridgehead atoms. The van der Waals surface area contributed by atoms with Crippen LogP contribution in [0.3, 0.4) is 0 Å². The standard InChI is InChI=1S/C15H24O/c1-4-12(2)11-15(16)9-8-14-7-5-6-13(3)10-14/h5-7,10,12,15-16H,4,8-9,11H2,1-3H3. The molecule has 16 heavy (non-hydrogen) atoms. The zero-order valence-corrected chi connectivity index (χ0v) is 10.7. The summed E-state index contributed by atoms with van der Waals surface area (Å²) in [5, 5.41) is 9.88. The first-order valence-electron chi connectivity index (χ1n) is 6.35. The number of aliphatic hydroxyl groups excluding tert-OH is 1. The molecule has 0 radical (unpaired) electrons. The van der Waals surface area contributed by atoms with E-state index in [1.807, 2.05) is 0 Å². The summed E-state index contributed by atoms with van der Waals surface area (Å²) >= 11 is 0. The number of aryl methyl sites for hydroxylation is 2. The molecule has 0 aliphatic carbocycles. The Balaban J connectivity index is 2.34. The van der Waals surface area contributed by atoms with Crippen molar-refractivity contribution in [2.45, 2.75) is 52.6 Å². The average molecular weight is 220 g/mol. The van der Waals surface area contributed by atoms with Crippen LogP contribution in [-0.4, -0.2) is 11.2 Å². The molecule has 1 heteroatoms. The Morgan fingerprint density at radius 1 is 1.31 bits per heavy atom. The molecule has 1 aromatic rings. The number of aliphatic hydroxyl groups is 1. The van der Waals surface area contributed by atoms with Gasteiger partial charge in [0, 0.05) is 0 Å². The molecule has 0 saturated heterocycles. The lowest BCUT2D eigenvalue weighted by Gasteiger charge is -2.14. The lowest BCUT2D eigenvalue weighted by atomic mass is 9.96. The van der Waals surface area contributed by atoms with Crippen LogP contribution in [0.4, 0.5) is 0 Å². The fourth-order valence-electron chi connectivity index (χ4n) is 1.95. The second-order valence-electron chi connectivity index (χ2n) is 4.93. The molecule has 2 unspecified atom stereocenters. The third kappa shape index (κ3) is 4.80. The molecule has 0 aromatic heterocycles. The van der Waals surface area contributed by atoms with Crippen molar-refractivity contribution < 1.29 is 5.11 Å². The molecule has 0 amide bonds. The third-order valence-corrected chi connectivity index (χ3v) is 3.22. The van der Waals surface area contributed by atoms with E-state index in [0.717, 1.165) is 25.7 Å². The van der Waals surface area contributed by atoms with Crippen molar-refractivity contribution in [1.82, 2.24) is 0 Å². The average Bonchev–Trinajstić information content (AvgIpc) is 2.26. The van der Waals surface area contributed by atoms with Crippen LogP contribution in [0.2, 0.25) is 0 Å². The molecule has 0 heterocycles. The maximum Gasteiger partial charge on any atom is 0.0546 e. The molecular weight excluding hydrogens is 196 g/mol. The summed E-state index contributed by atoms with van der Waals surface area (Å²) in [4.78, 5) is 0. The highest BCUT2D eigenvalue weighted by atomic mass is 16.3. The summed E-state index contributed by atoms with van der Waals surface area (Å²) in [6, 6.07) is 8.55. The minimum absolute atomic E-state index is 0.143. The molecule has 2 atom stereocenters. The van der Waals surface area contributed by atoms with E-state index in [1.165, 1.54) is 11.1 Å². The lowest BCUT2D eigenvalue weighted by molar-refractivity contribution is 0.135. The second-order valence-corrected chi connectivity index (χ2v) is 4.93. The maximum absolute atomic E-state index is 9.88. The van der Waals surface area contributed by atoms with Gasteiger partial charge in [-0.05, 0) is 37.7 Å². The van der Waals surface area contributed by atoms with Crippen LogP contribution < -0.4 is 0 Å². The van der Waals surface area contributed by atoms with Crippen LogP contribution in [0.25, 0.3) is 0 Å². The normalized spacial score (nSPS) is 14.8. The number of hydrogen-bond acceptors (Lipinski definition) is 1. The van der Waals surface area contributed by atoms with Crippen molar-refractivity contribution in [3.63, 3.8) is 0 Å². The molecule has 0 aliphatic heterocycles. The van der Waals surface area contributed by atoms with Crippen molar-refractivity contribution in [1.29, 1.82) is 0 Å². The van der Waals surface area contributed by atoms with Gasteiger partial charge >= 0.3 is 0 Å². The van der Waals surface area contributed by atoms with Crippen molar-refractivity contribution in [2.75, 3.05) is 0 Å². The van der Waals surface area contributed by atoms with E-state index in [4.69, 9.17) is 0 Å². The first kappa shape index (κ1) is 13.2. The van der Waals surface area contributed by atoms with Crippen molar-refractivity contribution in [3.05, 3.63) is 35.4 Å². The van der Waals surface area contributed by atoms with Gasteiger partial charge in [0.2, 0.25) is 0 Å². The van der Waals surface area contributed by atoms with Gasteiger partial charge in [-0.25, -0.2) is 0 Å². The van der Waals surface area contributed by atoms with E-state index in [0.29, 0.717) is 5.92 Å². The van der Waals surface area contributed by atoms with Gasteiger partial charge in [-0.3, -0.25) is 0 Å². The topological polar surface area (TPSA) is 20.2 Å². The van der Waals surface area contributed by atoms with Gasteiger partial charge < -0.3 is 5.11 Å². The summed E-state index contributed by atoms with van der Waals surface area (Å²) in [7, 11) is 0. The Bertz CT molecular complexity index is 306. The summed E-state index contributed by atoms with van der Waals surface area (Å²) in [6.07, 6.45) is 3.81. The minimum atomic E-state index is -0.143. The number of hydrogen-bond donors (Lipinski definition) is 1. The highest BCUT2D eigenvalue weighted by molar-refractivity contribution is 5.22. The first-order valence-corrected chi connectivity index (χ1v) is 6.35. The Kier molecular flexibility index (Phi) is 5.54. The van der Waals surface area contributed by atoms with Crippen LogP contribution in [0.1, 0.15) is 44.2 Å². The van der Waals surface area contributed by atoms with Gasteiger partial charge in [0.1, 0.15) is 0 Å². The van der Waals surface area contributed by atoms with Crippen molar-refractivity contribution in [3.8, 4) is 0 Å². The molecule has 0 fully saturated rings. The first-order chi connectivity index (χ1) is 7.61. The molecule has 1 nitrogen and oxygen atoms in total. The van der Waals surface area contributed by atoms with Crippen LogP contribution in [-0.2, 0) is 6.42 Å². The number of rotatable bonds is 6. The molecule has 90 valence electrons. The predicted molar refractivity (Wildman–Crippen MR) is 69.6 cm³/mol. The van der Waals surface area contributed by atoms with Gasteiger partial charge in [0.25, 0.3) is 0 Å². The molecule has 0 spiro atoms. The molecule has 1 rings (SSSR count). The van der Waals surface area contributed by atoms with Gasteiger partial charge in [-0.15, -0.1) is 0 Å². The largest absolute Gasteiger partial charge is 0.393 e. The Morgan fingerprint density at radius 3 is 2.69 bits per heavy atom. The SMILES string of the molecule is CCC(C)CC(O)CCc1cccc(C)c1. The molecule has 0 saturated carbocycles. The minimum Gasteiger partial charge on any atom is -0.393 e. The molecule has 0 aliphatic rings. The molecular formula is C15H24O. The van der Waals surface area contributed by atoms with E-state index in [9.17, 15) is 5.11 Å². The van der Waals surface area contributed by atoms with Crippen LogP contribution >= 0.6 is 0 Å². The van der Waals surface area contributed by atoms with E-state index in [2.05, 4.69) is 45.0 Å². The van der Waals surface area contributed by atoms with Crippen molar-refractivity contribution in [2.24, 2.45) is 5.92 Å². The summed E-state index contributed by atoms with van der Waals surface area (Å²) in [5.41, 5.74) is 2.64. The Labute approximate surface area is 99.5 Å². The summed E-state index contributed by atoms with van der Waals surface area (Å²) in [6.45, 7) is 6.49. The third-order valence-electron chi connectivity index (χ3n) is 3.22. The summed E-state index contributed by atoms with van der Waals surface area (Å²) in [5.74, 6) is 0.632. The zero-order valence-electron chi connectivity index (χ0n) is 10.7. The Hall–Kier alpha value is -0.820. The lowest BCUT2D eigenvalue weighted by Crippen LogP contribution is -2.12. The highest BCUT2D eigenvalue weighted by Crippen LogP contribution is 2.14. The van der Waals surface area contributed by atoms with E-state index >= 15 is 0 Å². The van der Waals surface area contributed by atoms with Gasteiger partial charge in [0.15, 0.2) is 0 Å². The fraction of sp³-hybridized carbons (Fsp3) is 0.600. The van der Waals surface area contributed by atoms with E-state index < -0.39 is 0 Å². The van der Waals surface area contributed by atoms with E-state index in [-0.39, 0.29) is 6.10 Å². The van der Waals surface area contributed by atoms with Gasteiger partial charge in [-0.2, -0.15) is 0 Å². The molecule has 1 aromatic carbocycles. The molecule has 1 N–H and O–H groups in total. The van der Waals surface area contributed by atoms with Crippen LogP contribution in [0.5, 0.6) is 0 Å². The fourth-order valence-corrected chi connectivity index (χ4v) is 1.95. The van der Waals surface area contributed by atoms with Crippen molar-refractivity contribution >= 4 is 0 Å². The van der Waals surface area contributed by atoms with Gasteiger partial charge in [0.05, 0.1) is 6.10 Å². The zero-order chi connectivity index (χ0) is 12.0. The van der Waals surface area contributed by atoms with Crippen LogP contribution in [0.15, 0.2) is 24.3 Å². The highest BCUT2D eigenvalue weighted by Gasteiger charge is 2.08. The quantitative estimate of drug-likeness (QED) is 0.774. The monoisotopic (exact) mass is 220 g/mol. The summed E-state index contributed by atoms with van der Waals surface area (Å²) < 4.78 is 0. The predicted octanol–water partition coefficient (Wildman–Crippen LogP) is 3.72. The van der Waals surface area contributed by atoms with E-state index in [1.54, 1.807) is 0 Å². The van der Waals surface area contributed by atoms with Crippen LogP contribution in [0, 0.1) is 12.8 Å². The number of benzene rings is 1. The van der Waals surface area contributed by atoms with Gasteiger partial charge in [-0.1, -0.05) is 50.1 Å². The second kappa shape index (κ2) is 6.70.